The normalized spacial score (nSPS) is 20.1. The molecule has 1 unspecified atom stereocenters. The first-order chi connectivity index (χ1) is 11.6. The van der Waals surface area contributed by atoms with E-state index < -0.39 is 0 Å². The third-order valence-corrected chi connectivity index (χ3v) is 6.12. The second-order valence-corrected chi connectivity index (χ2v) is 8.32. The van der Waals surface area contributed by atoms with Gasteiger partial charge in [0.1, 0.15) is 0 Å². The van der Waals surface area contributed by atoms with Crippen LogP contribution in [0.15, 0.2) is 29.3 Å². The maximum absolute atomic E-state index is 6.25. The number of aliphatic imine (C=N–C) groups is 1. The van der Waals surface area contributed by atoms with Gasteiger partial charge in [0.05, 0.1) is 6.54 Å². The zero-order valence-electron chi connectivity index (χ0n) is 15.4. The van der Waals surface area contributed by atoms with Crippen LogP contribution in [0.4, 0.5) is 0 Å². The molecule has 0 radical (unpaired) electrons. The summed E-state index contributed by atoms with van der Waals surface area (Å²) in [5.41, 5.74) is 9.23. The zero-order chi connectivity index (χ0) is 16.9. The standard InChI is InChI=1S/C19H30N4S.HI/c1-15(2)18(13-21-19(20)22-9-11-24-12-10-22)23-8-7-16-5-3-4-6-17(16)14-23;/h3-6,15,18H,7-14H2,1-2H3,(H2,20,21);1H. The lowest BCUT2D eigenvalue weighted by Gasteiger charge is -2.37. The molecule has 0 amide bonds. The van der Waals surface area contributed by atoms with Gasteiger partial charge in [-0.15, -0.1) is 24.0 Å². The fourth-order valence-electron chi connectivity index (χ4n) is 3.63. The predicted octanol–water partition coefficient (Wildman–Crippen LogP) is 3.05. The number of hydrogen-bond donors (Lipinski definition) is 1. The molecule has 0 spiro atoms. The Balaban J connectivity index is 0.00000225. The maximum Gasteiger partial charge on any atom is 0.191 e. The third-order valence-electron chi connectivity index (χ3n) is 5.17. The lowest BCUT2D eigenvalue weighted by atomic mass is 9.95. The van der Waals surface area contributed by atoms with Crippen molar-refractivity contribution < 1.29 is 0 Å². The lowest BCUT2D eigenvalue weighted by molar-refractivity contribution is 0.144. The highest BCUT2D eigenvalue weighted by molar-refractivity contribution is 14.0. The smallest absolute Gasteiger partial charge is 0.191 e. The Morgan fingerprint density at radius 2 is 1.84 bits per heavy atom. The van der Waals surface area contributed by atoms with Gasteiger partial charge in [-0.25, -0.2) is 0 Å². The number of halogens is 1. The van der Waals surface area contributed by atoms with Gasteiger partial charge in [0.2, 0.25) is 0 Å². The molecule has 25 heavy (non-hydrogen) atoms. The van der Waals surface area contributed by atoms with E-state index in [-0.39, 0.29) is 24.0 Å². The Morgan fingerprint density at radius 1 is 1.16 bits per heavy atom. The molecule has 2 aliphatic rings. The van der Waals surface area contributed by atoms with E-state index in [1.807, 2.05) is 11.8 Å². The van der Waals surface area contributed by atoms with Crippen LogP contribution in [0.5, 0.6) is 0 Å². The van der Waals surface area contributed by atoms with Crippen LogP contribution in [0.2, 0.25) is 0 Å². The van der Waals surface area contributed by atoms with Gasteiger partial charge in [0, 0.05) is 43.7 Å². The molecule has 1 fully saturated rings. The highest BCUT2D eigenvalue weighted by atomic mass is 127. The van der Waals surface area contributed by atoms with Crippen molar-refractivity contribution in [1.29, 1.82) is 0 Å². The summed E-state index contributed by atoms with van der Waals surface area (Å²) in [7, 11) is 0. The minimum Gasteiger partial charge on any atom is -0.370 e. The number of thioether (sulfide) groups is 1. The van der Waals surface area contributed by atoms with Crippen LogP contribution in [0.3, 0.4) is 0 Å². The first-order valence-electron chi connectivity index (χ1n) is 9.08. The van der Waals surface area contributed by atoms with Crippen LogP contribution in [0.1, 0.15) is 25.0 Å². The molecule has 2 heterocycles. The van der Waals surface area contributed by atoms with Gasteiger partial charge >= 0.3 is 0 Å². The molecule has 6 heteroatoms. The Bertz CT molecular complexity index is 572. The SMILES string of the molecule is CC(C)C(CN=C(N)N1CCSCC1)N1CCc2ccccc2C1.I. The van der Waals surface area contributed by atoms with Crippen LogP contribution >= 0.6 is 35.7 Å². The Kier molecular flexibility index (Phi) is 8.35. The minimum atomic E-state index is 0. The Morgan fingerprint density at radius 3 is 2.52 bits per heavy atom. The average Bonchev–Trinajstić information content (AvgIpc) is 2.62. The summed E-state index contributed by atoms with van der Waals surface area (Å²) < 4.78 is 0. The number of rotatable bonds is 4. The van der Waals surface area contributed by atoms with Crippen molar-refractivity contribution in [2.45, 2.75) is 32.9 Å². The summed E-state index contributed by atoms with van der Waals surface area (Å²) in [6.07, 6.45) is 1.14. The number of guanidine groups is 1. The van der Waals surface area contributed by atoms with E-state index in [4.69, 9.17) is 10.7 Å². The number of nitrogens with two attached hydrogens (primary N) is 1. The quantitative estimate of drug-likeness (QED) is 0.414. The molecule has 4 nitrogen and oxygen atoms in total. The van der Waals surface area contributed by atoms with Crippen LogP contribution < -0.4 is 5.73 Å². The summed E-state index contributed by atoms with van der Waals surface area (Å²) in [6, 6.07) is 9.29. The molecule has 2 N–H and O–H groups in total. The van der Waals surface area contributed by atoms with Gasteiger partial charge < -0.3 is 10.6 Å². The van der Waals surface area contributed by atoms with Crippen LogP contribution in [0.25, 0.3) is 0 Å². The minimum absolute atomic E-state index is 0. The van der Waals surface area contributed by atoms with Gasteiger partial charge in [-0.05, 0) is 23.5 Å². The molecule has 3 rings (SSSR count). The van der Waals surface area contributed by atoms with Crippen molar-refractivity contribution in [2.75, 3.05) is 37.7 Å². The topological polar surface area (TPSA) is 44.9 Å². The maximum atomic E-state index is 6.25. The first kappa shape index (κ1) is 20.8. The van der Waals surface area contributed by atoms with Gasteiger partial charge in [-0.1, -0.05) is 38.1 Å². The highest BCUT2D eigenvalue weighted by Gasteiger charge is 2.25. The number of nitrogens with zero attached hydrogens (tertiary/aromatic N) is 3. The van der Waals surface area contributed by atoms with E-state index in [1.165, 1.54) is 11.1 Å². The first-order valence-corrected chi connectivity index (χ1v) is 10.2. The van der Waals surface area contributed by atoms with E-state index >= 15 is 0 Å². The van der Waals surface area contributed by atoms with E-state index in [1.54, 1.807) is 0 Å². The molecule has 0 aliphatic carbocycles. The third kappa shape index (κ3) is 5.50. The number of fused-ring (bicyclic) bond motifs is 1. The monoisotopic (exact) mass is 474 g/mol. The van der Waals surface area contributed by atoms with E-state index in [9.17, 15) is 0 Å². The highest BCUT2D eigenvalue weighted by Crippen LogP contribution is 2.23. The lowest BCUT2D eigenvalue weighted by Crippen LogP contribution is -2.46. The Labute approximate surface area is 173 Å². The predicted molar refractivity (Wildman–Crippen MR) is 120 cm³/mol. The van der Waals surface area contributed by atoms with Crippen molar-refractivity contribution in [3.05, 3.63) is 35.4 Å². The molecule has 0 bridgehead atoms. The van der Waals surface area contributed by atoms with Crippen molar-refractivity contribution in [1.82, 2.24) is 9.80 Å². The van der Waals surface area contributed by atoms with Gasteiger partial charge in [-0.3, -0.25) is 9.89 Å². The fourth-order valence-corrected chi connectivity index (χ4v) is 4.53. The average molecular weight is 474 g/mol. The number of hydrogen-bond acceptors (Lipinski definition) is 3. The summed E-state index contributed by atoms with van der Waals surface area (Å²) in [5, 5.41) is 0. The molecule has 1 aromatic rings. The molecular formula is C19H31IN4S. The fraction of sp³-hybridized carbons (Fsp3) is 0.632. The van der Waals surface area contributed by atoms with E-state index in [0.717, 1.165) is 56.6 Å². The van der Waals surface area contributed by atoms with Crippen molar-refractivity contribution >= 4 is 41.7 Å². The van der Waals surface area contributed by atoms with Crippen LogP contribution in [-0.4, -0.2) is 59.5 Å². The molecular weight excluding hydrogens is 443 g/mol. The second-order valence-electron chi connectivity index (χ2n) is 7.10. The van der Waals surface area contributed by atoms with Crippen LogP contribution in [0, 0.1) is 5.92 Å². The van der Waals surface area contributed by atoms with Crippen LogP contribution in [-0.2, 0) is 13.0 Å². The van der Waals surface area contributed by atoms with E-state index in [2.05, 4.69) is 47.9 Å². The summed E-state index contributed by atoms with van der Waals surface area (Å²) in [4.78, 5) is 9.60. The van der Waals surface area contributed by atoms with Gasteiger partial charge in [-0.2, -0.15) is 11.8 Å². The van der Waals surface area contributed by atoms with Crippen molar-refractivity contribution in [2.24, 2.45) is 16.6 Å². The molecule has 0 aromatic heterocycles. The summed E-state index contributed by atoms with van der Waals surface area (Å²) in [5.74, 6) is 3.63. The van der Waals surface area contributed by atoms with Gasteiger partial charge in [0.25, 0.3) is 0 Å². The largest absolute Gasteiger partial charge is 0.370 e. The molecule has 2 aliphatic heterocycles. The molecule has 1 saturated heterocycles. The molecule has 1 atom stereocenters. The van der Waals surface area contributed by atoms with Crippen molar-refractivity contribution in [3.63, 3.8) is 0 Å². The Hall–Kier alpha value is -0.470. The molecule has 1 aromatic carbocycles. The zero-order valence-corrected chi connectivity index (χ0v) is 18.5. The van der Waals surface area contributed by atoms with Gasteiger partial charge in [0.15, 0.2) is 5.96 Å². The molecule has 0 saturated carbocycles. The number of benzene rings is 1. The molecule has 140 valence electrons. The second kappa shape index (κ2) is 10.0. The van der Waals surface area contributed by atoms with Crippen molar-refractivity contribution in [3.8, 4) is 0 Å². The van der Waals surface area contributed by atoms with E-state index in [0.29, 0.717) is 12.0 Å². The summed E-state index contributed by atoms with van der Waals surface area (Å²) >= 11 is 2.00. The summed E-state index contributed by atoms with van der Waals surface area (Å²) in [6.45, 7) is 9.62.